The number of para-hydroxylation sites is 1. The van der Waals surface area contributed by atoms with Crippen molar-refractivity contribution < 1.29 is 8.83 Å². The summed E-state index contributed by atoms with van der Waals surface area (Å²) < 4.78 is 12.4. The molecule has 0 N–H and O–H groups in total. The molecule has 42 heavy (non-hydrogen) atoms. The van der Waals surface area contributed by atoms with E-state index in [0.29, 0.717) is 0 Å². The average molecular weight is 537 g/mol. The molecule has 0 atom stereocenters. The minimum atomic E-state index is 0.863. The SMILES string of the molecule is c1ccc(-c2c3ccccc3c(-c3ccc(-c4c5ccoc5cc5c4oc4ccccc45)cc3)c3ccccc23)cc1. The quantitative estimate of drug-likeness (QED) is 0.210. The van der Waals surface area contributed by atoms with Crippen LogP contribution < -0.4 is 0 Å². The molecule has 0 amide bonds. The maximum atomic E-state index is 6.46. The topological polar surface area (TPSA) is 26.3 Å². The van der Waals surface area contributed by atoms with Crippen molar-refractivity contribution in [3.05, 3.63) is 146 Å². The Morgan fingerprint density at radius 2 is 0.833 bits per heavy atom. The van der Waals surface area contributed by atoms with Crippen molar-refractivity contribution in [3.63, 3.8) is 0 Å². The summed E-state index contributed by atoms with van der Waals surface area (Å²) in [7, 11) is 0. The molecule has 2 heteroatoms. The minimum Gasteiger partial charge on any atom is -0.464 e. The lowest BCUT2D eigenvalue weighted by Gasteiger charge is -2.18. The van der Waals surface area contributed by atoms with E-state index in [9.17, 15) is 0 Å². The van der Waals surface area contributed by atoms with E-state index in [1.807, 2.05) is 18.2 Å². The smallest absolute Gasteiger partial charge is 0.144 e. The number of hydrogen-bond acceptors (Lipinski definition) is 2. The Labute approximate surface area is 242 Å². The molecule has 0 spiro atoms. The van der Waals surface area contributed by atoms with Crippen molar-refractivity contribution >= 4 is 54.5 Å². The van der Waals surface area contributed by atoms with E-state index in [1.54, 1.807) is 6.26 Å². The van der Waals surface area contributed by atoms with Gasteiger partial charge in [0.2, 0.25) is 0 Å². The van der Waals surface area contributed by atoms with Gasteiger partial charge in [0, 0.05) is 21.7 Å². The molecule has 0 saturated heterocycles. The molecule has 196 valence electrons. The van der Waals surface area contributed by atoms with Crippen molar-refractivity contribution in [2.24, 2.45) is 0 Å². The van der Waals surface area contributed by atoms with Gasteiger partial charge in [-0.3, -0.25) is 0 Å². The summed E-state index contributed by atoms with van der Waals surface area (Å²) in [5, 5.41) is 8.24. The normalized spacial score (nSPS) is 11.8. The highest BCUT2D eigenvalue weighted by Gasteiger charge is 2.19. The summed E-state index contributed by atoms with van der Waals surface area (Å²) in [6, 6.07) is 49.6. The highest BCUT2D eigenvalue weighted by molar-refractivity contribution is 6.22. The van der Waals surface area contributed by atoms with Gasteiger partial charge in [0.1, 0.15) is 16.7 Å². The monoisotopic (exact) mass is 536 g/mol. The number of fused-ring (bicyclic) bond motifs is 6. The summed E-state index contributed by atoms with van der Waals surface area (Å²) in [6.45, 7) is 0. The molecule has 2 heterocycles. The first-order chi connectivity index (χ1) is 20.8. The Bertz CT molecular complexity index is 2380. The third-order valence-corrected chi connectivity index (χ3v) is 8.56. The van der Waals surface area contributed by atoms with Crippen LogP contribution in [-0.2, 0) is 0 Å². The molecule has 0 aliphatic carbocycles. The first-order valence-electron chi connectivity index (χ1n) is 14.3. The number of furan rings is 2. The first kappa shape index (κ1) is 23.1. The van der Waals surface area contributed by atoms with Gasteiger partial charge in [-0.1, -0.05) is 121 Å². The van der Waals surface area contributed by atoms with Gasteiger partial charge in [-0.25, -0.2) is 0 Å². The zero-order valence-corrected chi connectivity index (χ0v) is 22.7. The summed E-state index contributed by atoms with van der Waals surface area (Å²) in [6.07, 6.45) is 1.76. The molecule has 9 rings (SSSR count). The Morgan fingerprint density at radius 1 is 0.333 bits per heavy atom. The highest BCUT2D eigenvalue weighted by atomic mass is 16.3. The summed E-state index contributed by atoms with van der Waals surface area (Å²) in [4.78, 5) is 0. The first-order valence-corrected chi connectivity index (χ1v) is 14.3. The fourth-order valence-electron chi connectivity index (χ4n) is 6.73. The second kappa shape index (κ2) is 8.95. The molecule has 2 nitrogen and oxygen atoms in total. The zero-order chi connectivity index (χ0) is 27.6. The second-order valence-corrected chi connectivity index (χ2v) is 10.8. The van der Waals surface area contributed by atoms with Gasteiger partial charge >= 0.3 is 0 Å². The standard InChI is InChI=1S/C40H24O2/c1-2-10-25(11-3-1)37-29-13-4-6-15-31(29)38(32-16-7-5-14-30(32)37)26-18-20-27(21-19-26)39-33-22-23-41-36(33)24-34-28-12-8-9-17-35(28)42-40(34)39/h1-24H. The van der Waals surface area contributed by atoms with Crippen LogP contribution in [0, 0.1) is 0 Å². The van der Waals surface area contributed by atoms with Crippen LogP contribution in [0.4, 0.5) is 0 Å². The van der Waals surface area contributed by atoms with Crippen molar-refractivity contribution in [1.29, 1.82) is 0 Å². The van der Waals surface area contributed by atoms with E-state index in [-0.39, 0.29) is 0 Å². The lowest BCUT2D eigenvalue weighted by Crippen LogP contribution is -1.90. The van der Waals surface area contributed by atoms with Gasteiger partial charge in [-0.15, -0.1) is 0 Å². The molecule has 0 unspecified atom stereocenters. The van der Waals surface area contributed by atoms with Gasteiger partial charge in [0.15, 0.2) is 0 Å². The number of benzene rings is 7. The molecular formula is C40H24O2. The molecule has 0 saturated carbocycles. The van der Waals surface area contributed by atoms with Crippen LogP contribution in [0.15, 0.2) is 155 Å². The molecule has 0 aliphatic rings. The molecule has 2 aromatic heterocycles. The van der Waals surface area contributed by atoms with Crippen molar-refractivity contribution in [1.82, 2.24) is 0 Å². The molecule has 0 radical (unpaired) electrons. The van der Waals surface area contributed by atoms with Gasteiger partial charge < -0.3 is 8.83 Å². The van der Waals surface area contributed by atoms with Gasteiger partial charge in [0.05, 0.1) is 6.26 Å². The lowest BCUT2D eigenvalue weighted by atomic mass is 9.85. The average Bonchev–Trinajstić information content (AvgIpc) is 3.67. The molecular weight excluding hydrogens is 512 g/mol. The minimum absolute atomic E-state index is 0.863. The predicted octanol–water partition coefficient (Wildman–Crippen LogP) is 11.6. The van der Waals surface area contributed by atoms with Crippen LogP contribution >= 0.6 is 0 Å². The van der Waals surface area contributed by atoms with E-state index in [1.165, 1.54) is 43.8 Å². The molecule has 0 bridgehead atoms. The molecule has 0 aliphatic heterocycles. The third kappa shape index (κ3) is 3.33. The second-order valence-electron chi connectivity index (χ2n) is 10.8. The van der Waals surface area contributed by atoms with Crippen LogP contribution in [0.5, 0.6) is 0 Å². The predicted molar refractivity (Wildman–Crippen MR) is 175 cm³/mol. The van der Waals surface area contributed by atoms with Gasteiger partial charge in [-0.05, 0) is 67.6 Å². The van der Waals surface area contributed by atoms with E-state index < -0.39 is 0 Å². The lowest BCUT2D eigenvalue weighted by molar-refractivity contribution is 0.616. The van der Waals surface area contributed by atoms with Crippen LogP contribution in [0.3, 0.4) is 0 Å². The fraction of sp³-hybridized carbons (Fsp3) is 0. The maximum absolute atomic E-state index is 6.46. The van der Waals surface area contributed by atoms with E-state index in [4.69, 9.17) is 8.83 Å². The van der Waals surface area contributed by atoms with Crippen LogP contribution in [0.25, 0.3) is 87.8 Å². The van der Waals surface area contributed by atoms with E-state index in [2.05, 4.69) is 121 Å². The van der Waals surface area contributed by atoms with E-state index in [0.717, 1.165) is 44.0 Å². The van der Waals surface area contributed by atoms with Gasteiger partial charge in [-0.2, -0.15) is 0 Å². The fourth-order valence-corrected chi connectivity index (χ4v) is 6.73. The number of hydrogen-bond donors (Lipinski definition) is 0. The Morgan fingerprint density at radius 3 is 1.45 bits per heavy atom. The highest BCUT2D eigenvalue weighted by Crippen LogP contribution is 2.45. The largest absolute Gasteiger partial charge is 0.464 e. The Balaban J connectivity index is 1.29. The van der Waals surface area contributed by atoms with Gasteiger partial charge in [0.25, 0.3) is 0 Å². The molecule has 7 aromatic carbocycles. The molecule has 9 aromatic rings. The third-order valence-electron chi connectivity index (χ3n) is 8.56. The van der Waals surface area contributed by atoms with Crippen molar-refractivity contribution in [2.75, 3.05) is 0 Å². The summed E-state index contributed by atoms with van der Waals surface area (Å²) in [5.74, 6) is 0. The van der Waals surface area contributed by atoms with Crippen LogP contribution in [-0.4, -0.2) is 0 Å². The van der Waals surface area contributed by atoms with Crippen molar-refractivity contribution in [3.8, 4) is 33.4 Å². The summed E-state index contributed by atoms with van der Waals surface area (Å²) >= 11 is 0. The maximum Gasteiger partial charge on any atom is 0.144 e. The Hall–Kier alpha value is -5.60. The van der Waals surface area contributed by atoms with Crippen LogP contribution in [0.2, 0.25) is 0 Å². The van der Waals surface area contributed by atoms with Crippen LogP contribution in [0.1, 0.15) is 0 Å². The summed E-state index contributed by atoms with van der Waals surface area (Å²) in [5.41, 5.74) is 9.75. The zero-order valence-electron chi connectivity index (χ0n) is 22.7. The van der Waals surface area contributed by atoms with E-state index >= 15 is 0 Å². The Kier molecular flexibility index (Phi) is 4.93. The number of rotatable bonds is 3. The molecule has 0 fully saturated rings. The van der Waals surface area contributed by atoms with Crippen molar-refractivity contribution in [2.45, 2.75) is 0 Å².